The predicted molar refractivity (Wildman–Crippen MR) is 103 cm³/mol. The molecule has 6 nitrogen and oxygen atoms in total. The number of amides is 2. The Morgan fingerprint density at radius 2 is 2.04 bits per heavy atom. The first-order valence-electron chi connectivity index (χ1n) is 8.12. The Morgan fingerprint density at radius 3 is 2.77 bits per heavy atom. The van der Waals surface area contributed by atoms with E-state index < -0.39 is 6.03 Å². The molecule has 2 aromatic carbocycles. The molecule has 2 N–H and O–H groups in total. The van der Waals surface area contributed by atoms with Crippen LogP contribution in [0.5, 0.6) is 11.5 Å². The van der Waals surface area contributed by atoms with E-state index in [1.165, 1.54) is 6.21 Å². The predicted octanol–water partition coefficient (Wildman–Crippen LogP) is 3.56. The number of carbonyl (C=O) groups is 1. The number of hydrazone groups is 1. The van der Waals surface area contributed by atoms with Crippen LogP contribution in [-0.4, -0.2) is 25.5 Å². The van der Waals surface area contributed by atoms with Gasteiger partial charge in [-0.05, 0) is 49.2 Å². The zero-order valence-corrected chi connectivity index (χ0v) is 14.8. The zero-order valence-electron chi connectivity index (χ0n) is 14.8. The molecule has 0 aromatic heterocycles. The maximum Gasteiger partial charge on any atom is 0.339 e. The van der Waals surface area contributed by atoms with Gasteiger partial charge < -0.3 is 14.8 Å². The number of hydrogen-bond donors (Lipinski definition) is 2. The summed E-state index contributed by atoms with van der Waals surface area (Å²) in [6.45, 7) is 4.44. The van der Waals surface area contributed by atoms with E-state index in [2.05, 4.69) is 21.8 Å². The van der Waals surface area contributed by atoms with Gasteiger partial charge in [0.1, 0.15) is 6.61 Å². The number of hydrogen-bond acceptors (Lipinski definition) is 4. The average molecular weight is 351 g/mol. The van der Waals surface area contributed by atoms with Gasteiger partial charge in [-0.15, -0.1) is 6.42 Å². The van der Waals surface area contributed by atoms with Crippen molar-refractivity contribution in [1.82, 2.24) is 5.43 Å². The summed E-state index contributed by atoms with van der Waals surface area (Å²) in [5.74, 6) is 3.54. The van der Waals surface area contributed by atoms with Crippen molar-refractivity contribution in [3.63, 3.8) is 0 Å². The molecule has 0 saturated carbocycles. The highest BCUT2D eigenvalue weighted by Crippen LogP contribution is 2.27. The summed E-state index contributed by atoms with van der Waals surface area (Å²) < 4.78 is 11.0. The molecular weight excluding hydrogens is 330 g/mol. The van der Waals surface area contributed by atoms with Gasteiger partial charge in [0.25, 0.3) is 0 Å². The number of aryl methyl sites for hydroxylation is 1. The van der Waals surface area contributed by atoms with Gasteiger partial charge in [-0.3, -0.25) is 0 Å². The molecule has 0 aliphatic carbocycles. The monoisotopic (exact) mass is 351 g/mol. The van der Waals surface area contributed by atoms with Gasteiger partial charge in [-0.2, -0.15) is 5.10 Å². The fourth-order valence-corrected chi connectivity index (χ4v) is 2.14. The molecule has 0 saturated heterocycles. The molecule has 0 radical (unpaired) electrons. The van der Waals surface area contributed by atoms with Crippen LogP contribution >= 0.6 is 0 Å². The van der Waals surface area contributed by atoms with Crippen LogP contribution in [0.4, 0.5) is 10.5 Å². The average Bonchev–Trinajstić information content (AvgIpc) is 2.63. The van der Waals surface area contributed by atoms with E-state index in [9.17, 15) is 4.79 Å². The molecule has 2 amide bonds. The van der Waals surface area contributed by atoms with E-state index in [1.807, 2.05) is 38.1 Å². The van der Waals surface area contributed by atoms with Crippen molar-refractivity contribution in [1.29, 1.82) is 0 Å². The van der Waals surface area contributed by atoms with Crippen LogP contribution in [0.2, 0.25) is 0 Å². The maximum absolute atomic E-state index is 11.9. The highest BCUT2D eigenvalue weighted by Gasteiger charge is 2.06. The van der Waals surface area contributed by atoms with E-state index in [-0.39, 0.29) is 6.61 Å². The number of ether oxygens (including phenoxy) is 2. The Bertz CT molecular complexity index is 825. The fraction of sp³-hybridized carbons (Fsp3) is 0.200. The molecule has 0 spiro atoms. The first kappa shape index (κ1) is 18.9. The number of terminal acetylenes is 1. The number of benzene rings is 2. The van der Waals surface area contributed by atoms with Crippen molar-refractivity contribution in [2.75, 3.05) is 18.5 Å². The third kappa shape index (κ3) is 5.56. The minimum atomic E-state index is -0.422. The molecule has 26 heavy (non-hydrogen) atoms. The summed E-state index contributed by atoms with van der Waals surface area (Å²) >= 11 is 0. The first-order valence-corrected chi connectivity index (χ1v) is 8.12. The van der Waals surface area contributed by atoms with Crippen LogP contribution in [0.15, 0.2) is 47.6 Å². The number of nitrogens with one attached hydrogen (secondary N) is 2. The second-order valence-electron chi connectivity index (χ2n) is 5.27. The molecule has 2 rings (SSSR count). The number of anilines is 1. The van der Waals surface area contributed by atoms with Crippen LogP contribution in [0.1, 0.15) is 18.1 Å². The van der Waals surface area contributed by atoms with Gasteiger partial charge in [0.05, 0.1) is 12.8 Å². The quantitative estimate of drug-likeness (QED) is 0.455. The van der Waals surface area contributed by atoms with E-state index in [0.29, 0.717) is 18.1 Å². The van der Waals surface area contributed by atoms with Crippen LogP contribution in [0.25, 0.3) is 0 Å². The maximum atomic E-state index is 11.9. The lowest BCUT2D eigenvalue weighted by Crippen LogP contribution is -2.24. The highest BCUT2D eigenvalue weighted by molar-refractivity contribution is 5.91. The zero-order chi connectivity index (χ0) is 18.8. The van der Waals surface area contributed by atoms with Crippen molar-refractivity contribution < 1.29 is 14.3 Å². The summed E-state index contributed by atoms with van der Waals surface area (Å²) in [7, 11) is 0. The molecule has 0 heterocycles. The Balaban J connectivity index is 1.98. The molecular formula is C20H21N3O3. The molecule has 0 bridgehead atoms. The Hall–Kier alpha value is -3.46. The van der Waals surface area contributed by atoms with Gasteiger partial charge >= 0.3 is 6.03 Å². The number of nitrogens with zero attached hydrogens (tertiary/aromatic N) is 1. The Kier molecular flexibility index (Phi) is 7.07. The Morgan fingerprint density at radius 1 is 1.23 bits per heavy atom. The van der Waals surface area contributed by atoms with E-state index >= 15 is 0 Å². The van der Waals surface area contributed by atoms with Crippen molar-refractivity contribution >= 4 is 17.9 Å². The number of urea groups is 1. The molecule has 2 aromatic rings. The van der Waals surface area contributed by atoms with Crippen LogP contribution in [0, 0.1) is 19.3 Å². The molecule has 0 unspecified atom stereocenters. The van der Waals surface area contributed by atoms with Gasteiger partial charge in [-0.25, -0.2) is 10.2 Å². The van der Waals surface area contributed by atoms with Crippen LogP contribution in [-0.2, 0) is 0 Å². The summed E-state index contributed by atoms with van der Waals surface area (Å²) in [4.78, 5) is 11.9. The smallest absolute Gasteiger partial charge is 0.339 e. The molecule has 134 valence electrons. The molecule has 0 fully saturated rings. The molecule has 0 aliphatic rings. The second kappa shape index (κ2) is 9.74. The first-order chi connectivity index (χ1) is 12.6. The van der Waals surface area contributed by atoms with Crippen molar-refractivity contribution in [2.45, 2.75) is 13.8 Å². The standard InChI is InChI=1S/C20H21N3O3/c1-4-12-26-18-11-10-16(13-19(18)25-5-2)14-21-23-20(24)22-17-9-7-6-8-15(17)3/h1,6-11,13-14H,5,12H2,2-3H3,(H2,22,23,24). The van der Waals surface area contributed by atoms with Gasteiger partial charge in [0, 0.05) is 5.69 Å². The largest absolute Gasteiger partial charge is 0.490 e. The van der Waals surface area contributed by atoms with Gasteiger partial charge in [-0.1, -0.05) is 24.1 Å². The van der Waals surface area contributed by atoms with Gasteiger partial charge in [0.2, 0.25) is 0 Å². The minimum absolute atomic E-state index is 0.161. The lowest BCUT2D eigenvalue weighted by molar-refractivity contribution is 0.252. The number of para-hydroxylation sites is 1. The lowest BCUT2D eigenvalue weighted by atomic mass is 10.2. The topological polar surface area (TPSA) is 72.0 Å². The van der Waals surface area contributed by atoms with Crippen molar-refractivity contribution in [3.8, 4) is 23.8 Å². The van der Waals surface area contributed by atoms with Crippen LogP contribution in [0.3, 0.4) is 0 Å². The normalized spacial score (nSPS) is 10.2. The SMILES string of the molecule is C#CCOc1ccc(C=NNC(=O)Nc2ccccc2C)cc1OCC. The van der Waals surface area contributed by atoms with E-state index in [4.69, 9.17) is 15.9 Å². The summed E-state index contributed by atoms with van der Waals surface area (Å²) in [5.41, 5.74) is 4.87. The summed E-state index contributed by atoms with van der Waals surface area (Å²) in [5, 5.41) is 6.68. The third-order valence-electron chi connectivity index (χ3n) is 3.35. The molecule has 0 atom stereocenters. The van der Waals surface area contributed by atoms with E-state index in [0.717, 1.165) is 16.8 Å². The summed E-state index contributed by atoms with van der Waals surface area (Å²) in [6, 6.07) is 12.4. The van der Waals surface area contributed by atoms with Crippen LogP contribution < -0.4 is 20.2 Å². The number of rotatable bonds is 7. The van der Waals surface area contributed by atoms with Gasteiger partial charge in [0.15, 0.2) is 11.5 Å². The minimum Gasteiger partial charge on any atom is -0.490 e. The van der Waals surface area contributed by atoms with E-state index in [1.54, 1.807) is 18.2 Å². The molecule has 6 heteroatoms. The number of carbonyl (C=O) groups excluding carboxylic acids is 1. The van der Waals surface area contributed by atoms with Crippen molar-refractivity contribution in [3.05, 3.63) is 53.6 Å². The third-order valence-corrected chi connectivity index (χ3v) is 3.35. The Labute approximate surface area is 153 Å². The highest BCUT2D eigenvalue weighted by atomic mass is 16.5. The lowest BCUT2D eigenvalue weighted by Gasteiger charge is -2.10. The fourth-order valence-electron chi connectivity index (χ4n) is 2.14. The second-order valence-corrected chi connectivity index (χ2v) is 5.27. The summed E-state index contributed by atoms with van der Waals surface area (Å²) in [6.07, 6.45) is 6.72. The molecule has 0 aliphatic heterocycles. The van der Waals surface area contributed by atoms with Crippen molar-refractivity contribution in [2.24, 2.45) is 5.10 Å².